The Labute approximate surface area is 398 Å². The van der Waals surface area contributed by atoms with E-state index < -0.39 is 29.2 Å². The van der Waals surface area contributed by atoms with E-state index in [0.29, 0.717) is 52.1 Å². The van der Waals surface area contributed by atoms with E-state index in [4.69, 9.17) is 4.74 Å². The number of pyridine rings is 1. The van der Waals surface area contributed by atoms with E-state index in [1.54, 1.807) is 23.8 Å². The van der Waals surface area contributed by atoms with E-state index in [0.717, 1.165) is 82.3 Å². The molecular weight excluding hydrogens is 885 g/mol. The molecule has 6 aromatic rings. The Bertz CT molecular complexity index is 2930. The van der Waals surface area contributed by atoms with Gasteiger partial charge in [-0.3, -0.25) is 24.6 Å². The summed E-state index contributed by atoms with van der Waals surface area (Å²) in [6.45, 7) is 11.1. The molecule has 0 radical (unpaired) electrons. The summed E-state index contributed by atoms with van der Waals surface area (Å²) < 4.78 is 38.5. The maximum absolute atomic E-state index is 15.2. The molecule has 17 heteroatoms. The van der Waals surface area contributed by atoms with Crippen LogP contribution in [0.4, 0.5) is 19.3 Å². The highest BCUT2D eigenvalue weighted by molar-refractivity contribution is 6.06. The standard InChI is InChI=1S/C52H57F2N9O6/c1-32-41(26-37(53)27-44(32)58-49(65)40-11-10-36(25-43(40)54)52(2,3)68)47-42-28-45(57-48(42)56-31-55-47)34-8-6-33(7-9-34)29-61-20-14-39(15-21-61)69-38-12-18-60(19-13-38)23-24-62-17-4-5-35(50(62)66)30-63-22-16-46(64)59-51(63)67/h4-11,17,25-28,31,38-39,68H,12-16,18-24,29-30H2,1-3H3,(H,58,65)(H,55,56,57)(H,59,64,67). The van der Waals surface area contributed by atoms with Crippen molar-refractivity contribution >= 4 is 34.6 Å². The minimum atomic E-state index is -1.29. The van der Waals surface area contributed by atoms with Crippen LogP contribution in [0.2, 0.25) is 0 Å². The van der Waals surface area contributed by atoms with Crippen LogP contribution in [0.5, 0.6) is 0 Å². The molecule has 6 heterocycles. The Morgan fingerprint density at radius 2 is 1.59 bits per heavy atom. The number of amides is 4. The Morgan fingerprint density at radius 1 is 0.870 bits per heavy atom. The van der Waals surface area contributed by atoms with Crippen molar-refractivity contribution in [2.45, 2.75) is 90.3 Å². The normalized spacial score (nSPS) is 16.9. The quantitative estimate of drug-likeness (QED) is 0.0881. The van der Waals surface area contributed by atoms with Crippen molar-refractivity contribution < 1.29 is 33.0 Å². The van der Waals surface area contributed by atoms with Crippen LogP contribution >= 0.6 is 0 Å². The smallest absolute Gasteiger partial charge is 0.324 e. The van der Waals surface area contributed by atoms with Gasteiger partial charge in [-0.05, 0) is 105 Å². The number of rotatable bonds is 14. The van der Waals surface area contributed by atoms with Gasteiger partial charge in [0.2, 0.25) is 5.91 Å². The van der Waals surface area contributed by atoms with Crippen LogP contribution in [-0.2, 0) is 34.8 Å². The number of hydrogen-bond acceptors (Lipinski definition) is 10. The van der Waals surface area contributed by atoms with Crippen molar-refractivity contribution in [1.82, 2.24) is 39.5 Å². The second kappa shape index (κ2) is 20.1. The zero-order chi connectivity index (χ0) is 48.4. The molecule has 4 N–H and O–H groups in total. The van der Waals surface area contributed by atoms with Crippen molar-refractivity contribution in [3.63, 3.8) is 0 Å². The number of nitrogens with zero attached hydrogens (tertiary/aromatic N) is 6. The summed E-state index contributed by atoms with van der Waals surface area (Å²) >= 11 is 0. The number of benzene rings is 3. The molecule has 3 aromatic heterocycles. The second-order valence-electron chi connectivity index (χ2n) is 18.9. The SMILES string of the molecule is Cc1c(NC(=O)c2ccc(C(C)(C)O)cc2F)cc(F)cc1-c1ncnc2[nH]c(-c3ccc(CN4CCC(OC5CCN(CCn6cccc(CN7CCC(=O)NC7=O)c6=O)CC5)CC4)cc3)cc12. The van der Waals surface area contributed by atoms with Crippen LogP contribution in [0.25, 0.3) is 33.5 Å². The highest BCUT2D eigenvalue weighted by Crippen LogP contribution is 2.35. The van der Waals surface area contributed by atoms with Gasteiger partial charge < -0.3 is 34.5 Å². The first kappa shape index (κ1) is 47.4. The number of nitrogens with one attached hydrogen (secondary N) is 3. The number of carbonyl (C=O) groups is 3. The van der Waals surface area contributed by atoms with Crippen LogP contribution in [0, 0.1) is 18.6 Å². The molecule has 3 aliphatic rings. The minimum Gasteiger partial charge on any atom is -0.386 e. The number of ether oxygens (including phenoxy) is 1. The molecule has 3 aliphatic heterocycles. The summed E-state index contributed by atoms with van der Waals surface area (Å²) in [5.74, 6) is -2.45. The lowest BCUT2D eigenvalue weighted by molar-refractivity contribution is -0.121. The first-order chi connectivity index (χ1) is 33.1. The predicted octanol–water partition coefficient (Wildman–Crippen LogP) is 7.11. The van der Waals surface area contributed by atoms with E-state index in [-0.39, 0.29) is 47.9 Å². The van der Waals surface area contributed by atoms with Gasteiger partial charge in [0.15, 0.2) is 0 Å². The lowest BCUT2D eigenvalue weighted by atomic mass is 9.96. The van der Waals surface area contributed by atoms with Gasteiger partial charge in [0.1, 0.15) is 23.6 Å². The maximum Gasteiger partial charge on any atom is 0.324 e. The fraction of sp³-hybridized carbons (Fsp3) is 0.385. The van der Waals surface area contributed by atoms with Crippen LogP contribution in [0.1, 0.15) is 78.6 Å². The van der Waals surface area contributed by atoms with Crippen molar-refractivity contribution in [2.75, 3.05) is 44.6 Å². The molecule has 360 valence electrons. The van der Waals surface area contributed by atoms with Crippen LogP contribution in [0.3, 0.4) is 0 Å². The highest BCUT2D eigenvalue weighted by atomic mass is 19.1. The Hall–Kier alpha value is -6.66. The van der Waals surface area contributed by atoms with Crippen LogP contribution in [-0.4, -0.2) is 109 Å². The number of imide groups is 1. The first-order valence-electron chi connectivity index (χ1n) is 23.6. The third-order valence-electron chi connectivity index (χ3n) is 13.6. The number of carbonyl (C=O) groups excluding carboxylic acids is 3. The molecule has 3 fully saturated rings. The molecule has 15 nitrogen and oxygen atoms in total. The first-order valence-corrected chi connectivity index (χ1v) is 23.6. The van der Waals surface area contributed by atoms with Gasteiger partial charge in [0.05, 0.1) is 35.6 Å². The molecule has 0 unspecified atom stereocenters. The third-order valence-corrected chi connectivity index (χ3v) is 13.6. The number of aliphatic hydroxyl groups is 1. The maximum atomic E-state index is 15.2. The molecule has 0 bridgehead atoms. The second-order valence-corrected chi connectivity index (χ2v) is 18.9. The third kappa shape index (κ3) is 11.0. The van der Waals surface area contributed by atoms with E-state index in [9.17, 15) is 24.3 Å². The molecule has 9 rings (SSSR count). The van der Waals surface area contributed by atoms with Crippen molar-refractivity contribution in [2.24, 2.45) is 0 Å². The lowest BCUT2D eigenvalue weighted by Crippen LogP contribution is -2.49. The van der Waals surface area contributed by atoms with Gasteiger partial charge in [-0.15, -0.1) is 0 Å². The summed E-state index contributed by atoms with van der Waals surface area (Å²) in [6.07, 6.45) is 7.72. The molecule has 0 aliphatic carbocycles. The van der Waals surface area contributed by atoms with Gasteiger partial charge in [-0.25, -0.2) is 23.5 Å². The largest absolute Gasteiger partial charge is 0.386 e. The number of piperidine rings is 2. The number of urea groups is 1. The minimum absolute atomic E-state index is 0.114. The summed E-state index contributed by atoms with van der Waals surface area (Å²) in [6, 6.07) is 19.9. The molecule has 0 spiro atoms. The average molecular weight is 942 g/mol. The number of likely N-dealkylation sites (tertiary alicyclic amines) is 2. The van der Waals surface area contributed by atoms with Gasteiger partial charge in [-0.1, -0.05) is 36.4 Å². The van der Waals surface area contributed by atoms with Crippen molar-refractivity contribution in [3.05, 3.63) is 135 Å². The Balaban J connectivity index is 0.749. The Morgan fingerprint density at radius 3 is 2.29 bits per heavy atom. The number of hydrogen-bond donors (Lipinski definition) is 4. The predicted molar refractivity (Wildman–Crippen MR) is 257 cm³/mol. The summed E-state index contributed by atoms with van der Waals surface area (Å²) in [7, 11) is 0. The molecule has 3 aromatic carbocycles. The fourth-order valence-electron chi connectivity index (χ4n) is 9.51. The molecule has 0 atom stereocenters. The van der Waals surface area contributed by atoms with Crippen molar-refractivity contribution in [1.29, 1.82) is 0 Å². The number of fused-ring (bicyclic) bond motifs is 1. The lowest BCUT2D eigenvalue weighted by Gasteiger charge is -2.37. The van der Waals surface area contributed by atoms with E-state index in [1.165, 1.54) is 54.9 Å². The molecule has 4 amide bonds. The van der Waals surface area contributed by atoms with E-state index in [2.05, 4.69) is 59.7 Å². The number of aromatic amines is 1. The molecule has 69 heavy (non-hydrogen) atoms. The number of anilines is 1. The van der Waals surface area contributed by atoms with Crippen molar-refractivity contribution in [3.8, 4) is 22.5 Å². The van der Waals surface area contributed by atoms with E-state index >= 15 is 8.78 Å². The highest BCUT2D eigenvalue weighted by Gasteiger charge is 2.28. The molecular formula is C52H57F2N9O6. The van der Waals surface area contributed by atoms with Gasteiger partial charge in [0.25, 0.3) is 11.5 Å². The Kier molecular flexibility index (Phi) is 13.8. The van der Waals surface area contributed by atoms with Gasteiger partial charge in [0, 0.05) is 92.9 Å². The number of H-pyrrole nitrogens is 1. The molecule has 0 saturated carbocycles. The zero-order valence-electron chi connectivity index (χ0n) is 39.1. The van der Waals surface area contributed by atoms with E-state index in [1.807, 2.05) is 12.1 Å². The average Bonchev–Trinajstić information content (AvgIpc) is 3.77. The van der Waals surface area contributed by atoms with Gasteiger partial charge >= 0.3 is 6.03 Å². The monoisotopic (exact) mass is 941 g/mol. The summed E-state index contributed by atoms with van der Waals surface area (Å²) in [5, 5.41) is 15.9. The van der Waals surface area contributed by atoms with Crippen LogP contribution < -0.4 is 16.2 Å². The number of aromatic nitrogens is 4. The summed E-state index contributed by atoms with van der Waals surface area (Å²) in [5.41, 5.74) is 4.38. The topological polar surface area (TPSA) is 178 Å². The van der Waals surface area contributed by atoms with Gasteiger partial charge in [-0.2, -0.15) is 0 Å². The summed E-state index contributed by atoms with van der Waals surface area (Å²) in [4.78, 5) is 68.8. The molecule has 3 saturated heterocycles. The van der Waals surface area contributed by atoms with Crippen LogP contribution in [0.15, 0.2) is 90.1 Å². The number of halogens is 2. The zero-order valence-corrected chi connectivity index (χ0v) is 39.1. The fourth-order valence-corrected chi connectivity index (χ4v) is 9.51.